The molecule has 0 bridgehead atoms. The minimum absolute atomic E-state index is 0.0803. The lowest BCUT2D eigenvalue weighted by atomic mass is 10.2. The first-order valence-corrected chi connectivity index (χ1v) is 5.84. The summed E-state index contributed by atoms with van der Waals surface area (Å²) in [5.74, 6) is 0.777. The molecule has 0 aromatic heterocycles. The Bertz CT molecular complexity index is 471. The Kier molecular flexibility index (Phi) is 5.49. The Morgan fingerprint density at radius 2 is 2.00 bits per heavy atom. The van der Waals surface area contributed by atoms with Crippen molar-refractivity contribution in [2.45, 2.75) is 6.92 Å². The van der Waals surface area contributed by atoms with Gasteiger partial charge in [-0.25, -0.2) is 4.79 Å². The van der Waals surface area contributed by atoms with Crippen molar-refractivity contribution in [3.63, 3.8) is 0 Å². The van der Waals surface area contributed by atoms with Gasteiger partial charge >= 0.3 is 11.9 Å². The summed E-state index contributed by atoms with van der Waals surface area (Å²) in [6.07, 6.45) is 0. The average molecular weight is 343 g/mol. The summed E-state index contributed by atoms with van der Waals surface area (Å²) in [5.41, 5.74) is 1.63. The SMILES string of the molecule is Cc1ccc(NC(=O)C(=O)OCC#CI)cc1. The predicted molar refractivity (Wildman–Crippen MR) is 72.6 cm³/mol. The van der Waals surface area contributed by atoms with E-state index >= 15 is 0 Å². The summed E-state index contributed by atoms with van der Waals surface area (Å²) in [7, 11) is 0. The van der Waals surface area contributed by atoms with Crippen LogP contribution in [0.25, 0.3) is 0 Å². The summed E-state index contributed by atoms with van der Waals surface area (Å²) < 4.78 is 7.14. The number of anilines is 1. The van der Waals surface area contributed by atoms with Gasteiger partial charge in [-0.2, -0.15) is 0 Å². The van der Waals surface area contributed by atoms with Gasteiger partial charge in [0, 0.05) is 28.3 Å². The third-order valence-corrected chi connectivity index (χ3v) is 2.22. The van der Waals surface area contributed by atoms with Gasteiger partial charge < -0.3 is 10.1 Å². The number of halogens is 1. The van der Waals surface area contributed by atoms with Crippen LogP contribution >= 0.6 is 22.6 Å². The fourth-order valence-electron chi connectivity index (χ4n) is 1.01. The molecule has 0 aliphatic heterocycles. The summed E-state index contributed by atoms with van der Waals surface area (Å²) in [6.45, 7) is 1.85. The second-order valence-electron chi connectivity index (χ2n) is 3.17. The Morgan fingerprint density at radius 1 is 1.35 bits per heavy atom. The molecular formula is C12H10INO3. The third-order valence-electron chi connectivity index (χ3n) is 1.84. The van der Waals surface area contributed by atoms with Crippen LogP contribution in [0.5, 0.6) is 0 Å². The van der Waals surface area contributed by atoms with Crippen LogP contribution in [0.3, 0.4) is 0 Å². The molecule has 1 amide bonds. The highest BCUT2D eigenvalue weighted by Crippen LogP contribution is 2.08. The van der Waals surface area contributed by atoms with Crippen molar-refractivity contribution < 1.29 is 14.3 Å². The molecule has 0 atom stereocenters. The van der Waals surface area contributed by atoms with Crippen LogP contribution in [0.2, 0.25) is 0 Å². The minimum Gasteiger partial charge on any atom is -0.445 e. The fourth-order valence-corrected chi connectivity index (χ4v) is 1.17. The van der Waals surface area contributed by atoms with Crippen molar-refractivity contribution in [2.24, 2.45) is 0 Å². The van der Waals surface area contributed by atoms with E-state index < -0.39 is 11.9 Å². The number of hydrogen-bond donors (Lipinski definition) is 1. The number of nitrogens with one attached hydrogen (secondary N) is 1. The Morgan fingerprint density at radius 3 is 2.59 bits per heavy atom. The maximum Gasteiger partial charge on any atom is 0.398 e. The van der Waals surface area contributed by atoms with E-state index in [1.165, 1.54) is 0 Å². The van der Waals surface area contributed by atoms with E-state index in [2.05, 4.69) is 19.9 Å². The van der Waals surface area contributed by atoms with Crippen molar-refractivity contribution >= 4 is 40.2 Å². The van der Waals surface area contributed by atoms with E-state index in [9.17, 15) is 9.59 Å². The second kappa shape index (κ2) is 6.91. The van der Waals surface area contributed by atoms with E-state index in [1.54, 1.807) is 12.1 Å². The molecule has 1 aromatic carbocycles. The summed E-state index contributed by atoms with van der Waals surface area (Å²) >= 11 is 1.82. The Labute approximate surface area is 113 Å². The van der Waals surface area contributed by atoms with Gasteiger partial charge in [0.05, 0.1) is 0 Å². The smallest absolute Gasteiger partial charge is 0.398 e. The topological polar surface area (TPSA) is 55.4 Å². The quantitative estimate of drug-likeness (QED) is 0.386. The highest BCUT2D eigenvalue weighted by Gasteiger charge is 2.14. The van der Waals surface area contributed by atoms with Crippen molar-refractivity contribution in [2.75, 3.05) is 11.9 Å². The molecule has 4 nitrogen and oxygen atoms in total. The maximum atomic E-state index is 11.4. The molecule has 17 heavy (non-hydrogen) atoms. The molecule has 1 aromatic rings. The third kappa shape index (κ3) is 4.87. The first-order chi connectivity index (χ1) is 8.13. The number of rotatable bonds is 2. The number of benzene rings is 1. The van der Waals surface area contributed by atoms with Gasteiger partial charge in [-0.05, 0) is 23.0 Å². The number of carbonyl (C=O) groups is 2. The van der Waals surface area contributed by atoms with Crippen LogP contribution in [0, 0.1) is 16.8 Å². The van der Waals surface area contributed by atoms with Crippen molar-refractivity contribution in [3.05, 3.63) is 29.8 Å². The van der Waals surface area contributed by atoms with Crippen molar-refractivity contribution in [1.29, 1.82) is 0 Å². The van der Waals surface area contributed by atoms with Crippen LogP contribution < -0.4 is 5.32 Å². The largest absolute Gasteiger partial charge is 0.445 e. The van der Waals surface area contributed by atoms with Crippen LogP contribution in [-0.4, -0.2) is 18.5 Å². The lowest BCUT2D eigenvalue weighted by Crippen LogP contribution is -2.25. The lowest BCUT2D eigenvalue weighted by molar-refractivity contribution is -0.151. The summed E-state index contributed by atoms with van der Waals surface area (Å²) in [4.78, 5) is 22.5. The zero-order valence-electron chi connectivity index (χ0n) is 9.12. The first-order valence-electron chi connectivity index (χ1n) is 4.76. The predicted octanol–water partition coefficient (Wildman–Crippen LogP) is 1.87. The number of hydrogen-bond acceptors (Lipinski definition) is 3. The second-order valence-corrected chi connectivity index (χ2v) is 3.71. The van der Waals surface area contributed by atoms with Gasteiger partial charge in [0.1, 0.15) is 0 Å². The van der Waals surface area contributed by atoms with Gasteiger partial charge in [-0.15, -0.1) is 0 Å². The van der Waals surface area contributed by atoms with Gasteiger partial charge in [0.25, 0.3) is 0 Å². The number of carbonyl (C=O) groups excluding carboxylic acids is 2. The van der Waals surface area contributed by atoms with Crippen molar-refractivity contribution in [3.8, 4) is 9.85 Å². The van der Waals surface area contributed by atoms with Gasteiger partial charge in [-0.3, -0.25) is 4.79 Å². The monoisotopic (exact) mass is 343 g/mol. The summed E-state index contributed by atoms with van der Waals surface area (Å²) in [6, 6.07) is 7.10. The number of esters is 1. The van der Waals surface area contributed by atoms with Crippen LogP contribution in [-0.2, 0) is 14.3 Å². The van der Waals surface area contributed by atoms with Crippen LogP contribution in [0.4, 0.5) is 5.69 Å². The van der Waals surface area contributed by atoms with Gasteiger partial charge in [0.2, 0.25) is 0 Å². The standard InChI is InChI=1S/C12H10INO3/c1-9-3-5-10(6-4-9)14-11(15)12(16)17-8-2-7-13/h3-6H,8H2,1H3,(H,14,15). The maximum absolute atomic E-state index is 11.4. The zero-order chi connectivity index (χ0) is 12.7. The normalized spacial score (nSPS) is 8.82. The molecule has 0 radical (unpaired) electrons. The molecule has 1 N–H and O–H groups in total. The van der Waals surface area contributed by atoms with E-state index in [0.717, 1.165) is 5.56 Å². The van der Waals surface area contributed by atoms with E-state index in [0.29, 0.717) is 5.69 Å². The minimum atomic E-state index is -0.940. The molecule has 0 saturated heterocycles. The molecule has 5 heteroatoms. The highest BCUT2D eigenvalue weighted by atomic mass is 127. The number of amides is 1. The Balaban J connectivity index is 2.50. The zero-order valence-corrected chi connectivity index (χ0v) is 11.3. The van der Waals surface area contributed by atoms with Crippen LogP contribution in [0.15, 0.2) is 24.3 Å². The van der Waals surface area contributed by atoms with E-state index in [4.69, 9.17) is 0 Å². The molecule has 88 valence electrons. The molecule has 0 aliphatic rings. The lowest BCUT2D eigenvalue weighted by Gasteiger charge is -2.04. The first kappa shape index (κ1) is 13.5. The molecular weight excluding hydrogens is 333 g/mol. The van der Waals surface area contributed by atoms with E-state index in [1.807, 2.05) is 41.6 Å². The number of ether oxygens (including phenoxy) is 1. The fraction of sp³-hybridized carbons (Fsp3) is 0.167. The molecule has 0 heterocycles. The summed E-state index contributed by atoms with van der Waals surface area (Å²) in [5, 5.41) is 2.43. The Hall–Kier alpha value is -1.55. The van der Waals surface area contributed by atoms with Gasteiger partial charge in [-0.1, -0.05) is 23.6 Å². The molecule has 0 aliphatic carbocycles. The molecule has 1 rings (SSSR count). The van der Waals surface area contributed by atoms with E-state index in [-0.39, 0.29) is 6.61 Å². The highest BCUT2D eigenvalue weighted by molar-refractivity contribution is 14.1. The van der Waals surface area contributed by atoms with Gasteiger partial charge in [0.15, 0.2) is 6.61 Å². The van der Waals surface area contributed by atoms with Crippen molar-refractivity contribution in [1.82, 2.24) is 0 Å². The molecule has 0 spiro atoms. The van der Waals surface area contributed by atoms with Crippen LogP contribution in [0.1, 0.15) is 5.56 Å². The molecule has 0 saturated carbocycles. The molecule has 0 unspecified atom stereocenters. The average Bonchev–Trinajstić information content (AvgIpc) is 2.32. The molecule has 0 fully saturated rings. The number of aryl methyl sites for hydroxylation is 1.